The number of halogens is 3. The van der Waals surface area contributed by atoms with Crippen molar-refractivity contribution in [3.63, 3.8) is 0 Å². The van der Waals surface area contributed by atoms with Gasteiger partial charge in [-0.05, 0) is 24.5 Å². The van der Waals surface area contributed by atoms with Crippen molar-refractivity contribution in [2.24, 2.45) is 0 Å². The first kappa shape index (κ1) is 15.9. The minimum absolute atomic E-state index is 0.165. The SMILES string of the molecule is CSc1nc(-c2cc(OC(F)F)ccc2F)c(C#N)c(=O)[nH]1. The highest BCUT2D eigenvalue weighted by atomic mass is 32.2. The number of aromatic amines is 1. The molecule has 0 saturated carbocycles. The summed E-state index contributed by atoms with van der Waals surface area (Å²) in [5, 5.41) is 9.20. The molecule has 2 aromatic rings. The van der Waals surface area contributed by atoms with Crippen LogP contribution < -0.4 is 10.3 Å². The van der Waals surface area contributed by atoms with Crippen molar-refractivity contribution < 1.29 is 17.9 Å². The van der Waals surface area contributed by atoms with Crippen molar-refractivity contribution in [3.8, 4) is 23.1 Å². The first-order chi connectivity index (χ1) is 10.5. The molecule has 0 aliphatic heterocycles. The van der Waals surface area contributed by atoms with Crippen molar-refractivity contribution in [1.29, 1.82) is 5.26 Å². The Morgan fingerprint density at radius 3 is 2.77 bits per heavy atom. The Morgan fingerprint density at radius 2 is 2.18 bits per heavy atom. The zero-order valence-corrected chi connectivity index (χ0v) is 11.9. The standard InChI is InChI=1S/C13H8F3N3O2S/c1-22-13-18-10(8(5-17)11(20)19-13)7-4-6(21-12(15)16)2-3-9(7)14/h2-4,12H,1H3,(H,18,19,20). The molecular weight excluding hydrogens is 319 g/mol. The fourth-order valence-corrected chi connectivity index (χ4v) is 2.09. The van der Waals surface area contributed by atoms with E-state index in [0.29, 0.717) is 0 Å². The molecule has 0 unspecified atom stereocenters. The number of nitrogens with one attached hydrogen (secondary N) is 1. The molecule has 0 radical (unpaired) electrons. The Morgan fingerprint density at radius 1 is 1.45 bits per heavy atom. The summed E-state index contributed by atoms with van der Waals surface area (Å²) in [5.41, 5.74) is -1.65. The second kappa shape index (κ2) is 6.53. The molecular formula is C13H8F3N3O2S. The molecule has 0 saturated heterocycles. The fourth-order valence-electron chi connectivity index (χ4n) is 1.71. The van der Waals surface area contributed by atoms with Gasteiger partial charge in [-0.25, -0.2) is 9.37 Å². The number of ether oxygens (including phenoxy) is 1. The molecule has 5 nitrogen and oxygen atoms in total. The molecule has 0 aliphatic carbocycles. The maximum Gasteiger partial charge on any atom is 0.387 e. The van der Waals surface area contributed by atoms with Gasteiger partial charge in [0.1, 0.15) is 23.2 Å². The van der Waals surface area contributed by atoms with Crippen LogP contribution in [-0.2, 0) is 0 Å². The number of aromatic nitrogens is 2. The Kier molecular flexibility index (Phi) is 4.72. The average molecular weight is 327 g/mol. The summed E-state index contributed by atoms with van der Waals surface area (Å²) in [6, 6.07) is 4.51. The molecule has 22 heavy (non-hydrogen) atoms. The molecule has 0 amide bonds. The number of thioether (sulfide) groups is 1. The normalized spacial score (nSPS) is 10.5. The van der Waals surface area contributed by atoms with E-state index in [9.17, 15) is 18.0 Å². The van der Waals surface area contributed by atoms with Crippen molar-refractivity contribution in [3.05, 3.63) is 39.9 Å². The van der Waals surface area contributed by atoms with E-state index < -0.39 is 23.6 Å². The summed E-state index contributed by atoms with van der Waals surface area (Å²) in [4.78, 5) is 18.1. The lowest BCUT2D eigenvalue weighted by molar-refractivity contribution is -0.0498. The van der Waals surface area contributed by atoms with Crippen LogP contribution in [0.3, 0.4) is 0 Å². The van der Waals surface area contributed by atoms with Crippen LogP contribution in [0.2, 0.25) is 0 Å². The van der Waals surface area contributed by atoms with Gasteiger partial charge < -0.3 is 9.72 Å². The number of hydrogen-bond acceptors (Lipinski definition) is 5. The topological polar surface area (TPSA) is 78.8 Å². The fraction of sp³-hybridized carbons (Fsp3) is 0.154. The van der Waals surface area contributed by atoms with Crippen LogP contribution in [-0.4, -0.2) is 22.8 Å². The number of H-pyrrole nitrogens is 1. The van der Waals surface area contributed by atoms with Gasteiger partial charge in [0.15, 0.2) is 5.16 Å². The third-order valence-corrected chi connectivity index (χ3v) is 3.20. The van der Waals surface area contributed by atoms with E-state index >= 15 is 0 Å². The average Bonchev–Trinajstić information content (AvgIpc) is 2.47. The largest absolute Gasteiger partial charge is 0.435 e. The van der Waals surface area contributed by atoms with Crippen LogP contribution in [0.25, 0.3) is 11.3 Å². The van der Waals surface area contributed by atoms with E-state index in [-0.39, 0.29) is 22.2 Å². The van der Waals surface area contributed by atoms with Gasteiger partial charge in [0.05, 0.1) is 5.69 Å². The van der Waals surface area contributed by atoms with Gasteiger partial charge >= 0.3 is 6.61 Å². The van der Waals surface area contributed by atoms with Gasteiger partial charge in [0.2, 0.25) is 0 Å². The highest BCUT2D eigenvalue weighted by Gasteiger charge is 2.18. The summed E-state index contributed by atoms with van der Waals surface area (Å²) in [6.45, 7) is -3.08. The lowest BCUT2D eigenvalue weighted by Gasteiger charge is -2.09. The van der Waals surface area contributed by atoms with Crippen LogP contribution in [0.15, 0.2) is 28.2 Å². The molecule has 114 valence electrons. The van der Waals surface area contributed by atoms with Crippen LogP contribution in [0, 0.1) is 17.1 Å². The van der Waals surface area contributed by atoms with Crippen molar-refractivity contribution >= 4 is 11.8 Å². The minimum atomic E-state index is -3.08. The predicted octanol–water partition coefficient (Wildman–Crippen LogP) is 2.77. The zero-order valence-electron chi connectivity index (χ0n) is 11.1. The first-order valence-corrected chi connectivity index (χ1v) is 7.02. The molecule has 1 heterocycles. The molecule has 9 heteroatoms. The second-order valence-corrected chi connectivity index (χ2v) is 4.73. The molecule has 0 spiro atoms. The zero-order chi connectivity index (χ0) is 16.3. The summed E-state index contributed by atoms with van der Waals surface area (Å²) in [5.74, 6) is -1.12. The van der Waals surface area contributed by atoms with Crippen molar-refractivity contribution in [2.75, 3.05) is 6.26 Å². The monoisotopic (exact) mass is 327 g/mol. The second-order valence-electron chi connectivity index (χ2n) is 3.93. The number of alkyl halides is 2. The maximum atomic E-state index is 14.0. The third kappa shape index (κ3) is 3.23. The molecule has 1 aromatic carbocycles. The molecule has 1 aromatic heterocycles. The quantitative estimate of drug-likeness (QED) is 0.690. The molecule has 0 bridgehead atoms. The van der Waals surface area contributed by atoms with Gasteiger partial charge in [-0.15, -0.1) is 0 Å². The highest BCUT2D eigenvalue weighted by molar-refractivity contribution is 7.98. The Balaban J connectivity index is 2.68. The van der Waals surface area contributed by atoms with Crippen LogP contribution in [0.4, 0.5) is 13.2 Å². The van der Waals surface area contributed by atoms with E-state index in [1.54, 1.807) is 12.3 Å². The lowest BCUT2D eigenvalue weighted by atomic mass is 10.1. The number of benzene rings is 1. The van der Waals surface area contributed by atoms with Gasteiger partial charge in [-0.1, -0.05) is 11.8 Å². The maximum absolute atomic E-state index is 14.0. The van der Waals surface area contributed by atoms with E-state index in [1.807, 2.05) is 0 Å². The van der Waals surface area contributed by atoms with Crippen LogP contribution >= 0.6 is 11.8 Å². The minimum Gasteiger partial charge on any atom is -0.435 e. The number of nitriles is 1. The summed E-state index contributed by atoms with van der Waals surface area (Å²) < 4.78 is 42.6. The highest BCUT2D eigenvalue weighted by Crippen LogP contribution is 2.28. The number of hydrogen-bond donors (Lipinski definition) is 1. The molecule has 0 aliphatic rings. The van der Waals surface area contributed by atoms with E-state index in [4.69, 9.17) is 5.26 Å². The smallest absolute Gasteiger partial charge is 0.387 e. The Labute approximate surface area is 126 Å². The van der Waals surface area contributed by atoms with E-state index in [1.165, 1.54) is 0 Å². The molecule has 2 rings (SSSR count). The van der Waals surface area contributed by atoms with Crippen molar-refractivity contribution in [2.45, 2.75) is 11.8 Å². The molecule has 0 atom stereocenters. The lowest BCUT2D eigenvalue weighted by Crippen LogP contribution is -2.15. The number of rotatable bonds is 4. The van der Waals surface area contributed by atoms with Crippen LogP contribution in [0.1, 0.15) is 5.56 Å². The van der Waals surface area contributed by atoms with Gasteiger partial charge in [0, 0.05) is 5.56 Å². The molecule has 1 N–H and O–H groups in total. The number of nitrogens with zero attached hydrogens (tertiary/aromatic N) is 2. The first-order valence-electron chi connectivity index (χ1n) is 5.79. The van der Waals surface area contributed by atoms with Gasteiger partial charge in [-0.2, -0.15) is 14.0 Å². The third-order valence-electron chi connectivity index (χ3n) is 2.62. The summed E-state index contributed by atoms with van der Waals surface area (Å²) in [7, 11) is 0. The predicted molar refractivity (Wildman–Crippen MR) is 73.4 cm³/mol. The molecule has 0 fully saturated rings. The van der Waals surface area contributed by atoms with Crippen LogP contribution in [0.5, 0.6) is 5.75 Å². The van der Waals surface area contributed by atoms with Gasteiger partial charge in [0.25, 0.3) is 5.56 Å². The van der Waals surface area contributed by atoms with Crippen molar-refractivity contribution in [1.82, 2.24) is 9.97 Å². The van der Waals surface area contributed by atoms with E-state index in [2.05, 4.69) is 14.7 Å². The van der Waals surface area contributed by atoms with Gasteiger partial charge in [-0.3, -0.25) is 4.79 Å². The Hall–Kier alpha value is -2.47. The Bertz CT molecular complexity index is 802. The van der Waals surface area contributed by atoms with E-state index in [0.717, 1.165) is 30.0 Å². The summed E-state index contributed by atoms with van der Waals surface area (Å²) >= 11 is 1.08. The summed E-state index contributed by atoms with van der Waals surface area (Å²) in [6.07, 6.45) is 1.63.